The predicted molar refractivity (Wildman–Crippen MR) is 181 cm³/mol. The number of carbonyl (C=O) groups is 4. The molecule has 0 atom stereocenters. The van der Waals surface area contributed by atoms with Gasteiger partial charge in [0.05, 0.1) is 0 Å². The zero-order chi connectivity index (χ0) is 35.9. The van der Waals surface area contributed by atoms with Crippen molar-refractivity contribution in [3.05, 3.63) is 24.8 Å². The molecule has 0 rings (SSSR count). The lowest BCUT2D eigenvalue weighted by atomic mass is 10.2. The van der Waals surface area contributed by atoms with Gasteiger partial charge in [-0.05, 0) is 95.9 Å². The minimum atomic E-state index is -0.690. The summed E-state index contributed by atoms with van der Waals surface area (Å²) in [4.78, 5) is 57.1. The van der Waals surface area contributed by atoms with E-state index in [1.807, 2.05) is 0 Å². The van der Waals surface area contributed by atoms with Gasteiger partial charge in [-0.1, -0.05) is 18.2 Å². The first-order valence-electron chi connectivity index (χ1n) is 16.0. The summed E-state index contributed by atoms with van der Waals surface area (Å²) < 4.78 is 22.1. The number of carbonyl (C=O) groups excluding carboxylic acids is 4. The lowest BCUT2D eigenvalue weighted by molar-refractivity contribution is 0.0212. The molecule has 0 heterocycles. The van der Waals surface area contributed by atoms with Crippen LogP contribution in [0.4, 0.5) is 19.2 Å². The number of rotatable bonds is 14. The summed E-state index contributed by atoms with van der Waals surface area (Å²) >= 11 is 0. The maximum absolute atomic E-state index is 13.0. The van der Waals surface area contributed by atoms with Crippen LogP contribution < -0.4 is 0 Å². The number of ether oxygens (including phenoxy) is 4. The van der Waals surface area contributed by atoms with Gasteiger partial charge in [-0.25, -0.2) is 19.2 Å². The predicted octanol–water partition coefficient (Wildman–Crippen LogP) is 7.09. The van der Waals surface area contributed by atoms with E-state index < -0.39 is 46.8 Å². The standard InChI is InChI=1S/C34H62N4O8/c1-15-20-36(28(40)44-32(5,6)7)25-19-26-38(30(42)46-34(11,12)13)23-17-16-22-37(29(41)45-33(8,9)10)24-18-21-35(14)27(39)43-31(2,3)4/h15-17H,1,18-26H2,2-14H3/b17-16+. The Morgan fingerprint density at radius 1 is 0.500 bits per heavy atom. The van der Waals surface area contributed by atoms with Gasteiger partial charge in [-0.2, -0.15) is 0 Å². The molecule has 0 aromatic carbocycles. The Kier molecular flexibility index (Phi) is 17.2. The van der Waals surface area contributed by atoms with Crippen molar-refractivity contribution < 1.29 is 38.1 Å². The van der Waals surface area contributed by atoms with Crippen LogP contribution in [0, 0.1) is 0 Å². The third kappa shape index (κ3) is 21.3. The van der Waals surface area contributed by atoms with Crippen molar-refractivity contribution in [2.24, 2.45) is 0 Å². The smallest absolute Gasteiger partial charge is 0.410 e. The third-order valence-corrected chi connectivity index (χ3v) is 5.61. The molecule has 0 saturated carbocycles. The summed E-state index contributed by atoms with van der Waals surface area (Å²) in [6.45, 7) is 27.5. The van der Waals surface area contributed by atoms with E-state index in [9.17, 15) is 19.2 Å². The fourth-order valence-corrected chi connectivity index (χ4v) is 3.69. The van der Waals surface area contributed by atoms with Crippen LogP contribution >= 0.6 is 0 Å². The summed E-state index contributed by atoms with van der Waals surface area (Å²) in [5.41, 5.74) is -2.61. The summed E-state index contributed by atoms with van der Waals surface area (Å²) in [5, 5.41) is 0. The van der Waals surface area contributed by atoms with Crippen molar-refractivity contribution >= 4 is 24.4 Å². The van der Waals surface area contributed by atoms with Crippen molar-refractivity contribution in [3.63, 3.8) is 0 Å². The zero-order valence-electron chi connectivity index (χ0n) is 30.9. The highest BCUT2D eigenvalue weighted by molar-refractivity contribution is 5.70. The van der Waals surface area contributed by atoms with Crippen LogP contribution in [0.3, 0.4) is 0 Å². The van der Waals surface area contributed by atoms with Gasteiger partial charge in [0.1, 0.15) is 22.4 Å². The van der Waals surface area contributed by atoms with Crippen LogP contribution in [0.2, 0.25) is 0 Å². The second kappa shape index (κ2) is 18.6. The molecule has 46 heavy (non-hydrogen) atoms. The fraction of sp³-hybridized carbons (Fsp3) is 0.765. The number of nitrogens with zero attached hydrogens (tertiary/aromatic N) is 4. The van der Waals surface area contributed by atoms with Gasteiger partial charge in [0.25, 0.3) is 0 Å². The van der Waals surface area contributed by atoms with Crippen LogP contribution in [0.25, 0.3) is 0 Å². The van der Waals surface area contributed by atoms with Crippen LogP contribution in [-0.4, -0.2) is 119 Å². The zero-order valence-corrected chi connectivity index (χ0v) is 30.9. The molecule has 0 aliphatic heterocycles. The Hall–Kier alpha value is -3.44. The Morgan fingerprint density at radius 3 is 1.09 bits per heavy atom. The fourth-order valence-electron chi connectivity index (χ4n) is 3.69. The molecule has 0 aliphatic rings. The summed E-state index contributed by atoms with van der Waals surface area (Å²) in [6, 6.07) is 0. The Balaban J connectivity index is 5.54. The largest absolute Gasteiger partial charge is 0.444 e. The normalized spacial score (nSPS) is 12.3. The van der Waals surface area contributed by atoms with Crippen LogP contribution in [0.5, 0.6) is 0 Å². The lowest BCUT2D eigenvalue weighted by Gasteiger charge is -2.29. The average Bonchev–Trinajstić information content (AvgIpc) is 2.83. The van der Waals surface area contributed by atoms with Crippen molar-refractivity contribution in [1.29, 1.82) is 0 Å². The van der Waals surface area contributed by atoms with Gasteiger partial charge < -0.3 is 38.5 Å². The monoisotopic (exact) mass is 654 g/mol. The van der Waals surface area contributed by atoms with Crippen LogP contribution in [-0.2, 0) is 18.9 Å². The second-order valence-corrected chi connectivity index (χ2v) is 15.1. The number of hydrogen-bond donors (Lipinski definition) is 0. The minimum Gasteiger partial charge on any atom is -0.444 e. The first-order chi connectivity index (χ1) is 20.8. The van der Waals surface area contributed by atoms with Crippen molar-refractivity contribution in [1.82, 2.24) is 19.6 Å². The molecule has 0 bridgehead atoms. The topological polar surface area (TPSA) is 118 Å². The molecule has 266 valence electrons. The van der Waals surface area contributed by atoms with Crippen LogP contribution in [0.1, 0.15) is 95.9 Å². The summed E-state index contributed by atoms with van der Waals surface area (Å²) in [6.07, 6.45) is 4.36. The molecular weight excluding hydrogens is 592 g/mol. The first kappa shape index (κ1) is 42.6. The average molecular weight is 655 g/mol. The molecule has 0 spiro atoms. The van der Waals surface area contributed by atoms with Crippen LogP contribution in [0.15, 0.2) is 24.8 Å². The maximum Gasteiger partial charge on any atom is 0.410 e. The first-order valence-corrected chi connectivity index (χ1v) is 16.0. The van der Waals surface area contributed by atoms with Gasteiger partial charge in [-0.3, -0.25) is 0 Å². The molecule has 12 nitrogen and oxygen atoms in total. The Morgan fingerprint density at radius 2 is 0.783 bits per heavy atom. The van der Waals surface area contributed by atoms with E-state index in [2.05, 4.69) is 6.58 Å². The van der Waals surface area contributed by atoms with E-state index in [0.29, 0.717) is 45.6 Å². The summed E-state index contributed by atoms with van der Waals surface area (Å²) in [7, 11) is 1.65. The van der Waals surface area contributed by atoms with Gasteiger partial charge in [0.15, 0.2) is 0 Å². The van der Waals surface area contributed by atoms with Crippen molar-refractivity contribution in [2.75, 3.05) is 52.9 Å². The van der Waals surface area contributed by atoms with E-state index in [4.69, 9.17) is 18.9 Å². The maximum atomic E-state index is 13.0. The highest BCUT2D eigenvalue weighted by Gasteiger charge is 2.25. The molecule has 12 heteroatoms. The summed E-state index contributed by atoms with van der Waals surface area (Å²) in [5.74, 6) is 0. The molecular formula is C34H62N4O8. The van der Waals surface area contributed by atoms with E-state index in [0.717, 1.165) is 0 Å². The third-order valence-electron chi connectivity index (χ3n) is 5.61. The van der Waals surface area contributed by atoms with Gasteiger partial charge in [0.2, 0.25) is 0 Å². The minimum absolute atomic E-state index is 0.229. The molecule has 0 aromatic heterocycles. The molecule has 0 N–H and O–H groups in total. The van der Waals surface area contributed by atoms with Crippen molar-refractivity contribution in [2.45, 2.75) is 118 Å². The molecule has 0 fully saturated rings. The van der Waals surface area contributed by atoms with Gasteiger partial charge in [-0.15, -0.1) is 6.58 Å². The molecule has 0 aliphatic carbocycles. The SMILES string of the molecule is C=CCN(CCCN(C/C=C/CN(CCCN(C)C(=O)OC(C)(C)C)C(=O)OC(C)(C)C)C(=O)OC(C)(C)C)C(=O)OC(C)(C)C. The quantitative estimate of drug-likeness (QED) is 0.144. The molecule has 0 aromatic rings. The van der Waals surface area contributed by atoms with Gasteiger partial charge >= 0.3 is 24.4 Å². The lowest BCUT2D eigenvalue weighted by Crippen LogP contribution is -2.41. The molecule has 0 saturated heterocycles. The van der Waals surface area contributed by atoms with Crippen molar-refractivity contribution in [3.8, 4) is 0 Å². The second-order valence-electron chi connectivity index (χ2n) is 15.1. The van der Waals surface area contributed by atoms with E-state index in [-0.39, 0.29) is 13.1 Å². The van der Waals surface area contributed by atoms with E-state index in [1.54, 1.807) is 123 Å². The van der Waals surface area contributed by atoms with E-state index in [1.165, 1.54) is 4.90 Å². The number of hydrogen-bond acceptors (Lipinski definition) is 8. The molecule has 4 amide bonds. The molecule has 0 unspecified atom stereocenters. The Bertz CT molecular complexity index is 1020. The highest BCUT2D eigenvalue weighted by Crippen LogP contribution is 2.14. The van der Waals surface area contributed by atoms with E-state index >= 15 is 0 Å². The Labute approximate surface area is 278 Å². The number of amides is 4. The molecule has 0 radical (unpaired) electrons. The van der Waals surface area contributed by atoms with Gasteiger partial charge in [0, 0.05) is 52.9 Å². The highest BCUT2D eigenvalue weighted by atomic mass is 16.6.